The van der Waals surface area contributed by atoms with Crippen molar-refractivity contribution < 1.29 is 4.84 Å². The van der Waals surface area contributed by atoms with Gasteiger partial charge in [-0.25, -0.2) is 0 Å². The van der Waals surface area contributed by atoms with Gasteiger partial charge in [0.15, 0.2) is 0 Å². The van der Waals surface area contributed by atoms with E-state index in [-0.39, 0.29) is 0 Å². The molecule has 12 heavy (non-hydrogen) atoms. The van der Waals surface area contributed by atoms with E-state index in [9.17, 15) is 0 Å². The lowest BCUT2D eigenvalue weighted by molar-refractivity contribution is -0.176. The van der Waals surface area contributed by atoms with Crippen LogP contribution in [0.2, 0.25) is 0 Å². The fourth-order valence-corrected chi connectivity index (χ4v) is 3.06. The molecule has 3 aliphatic rings. The number of rotatable bonds is 0. The molecule has 3 fully saturated rings. The molecular formula is C10H17NO. The molecule has 0 radical (unpaired) electrons. The molecule has 0 aromatic heterocycles. The van der Waals surface area contributed by atoms with Crippen molar-refractivity contribution in [2.45, 2.75) is 56.1 Å². The second-order valence-electron chi connectivity index (χ2n) is 4.88. The molecule has 0 bridgehead atoms. The summed E-state index contributed by atoms with van der Waals surface area (Å²) in [7, 11) is 2.14. The third-order valence-electron chi connectivity index (χ3n) is 3.99. The summed E-state index contributed by atoms with van der Waals surface area (Å²) in [6, 6.07) is 0. The fourth-order valence-electron chi connectivity index (χ4n) is 3.06. The molecule has 2 spiro atoms. The predicted octanol–water partition coefficient (Wildman–Crippen LogP) is 2.10. The van der Waals surface area contributed by atoms with Crippen LogP contribution in [0.15, 0.2) is 0 Å². The smallest absolute Gasteiger partial charge is 0.0920 e. The predicted molar refractivity (Wildman–Crippen MR) is 46.6 cm³/mol. The van der Waals surface area contributed by atoms with Gasteiger partial charge in [0.25, 0.3) is 0 Å². The monoisotopic (exact) mass is 167 g/mol. The first-order chi connectivity index (χ1) is 5.75. The normalized spacial score (nSPS) is 36.8. The van der Waals surface area contributed by atoms with E-state index in [2.05, 4.69) is 12.1 Å². The maximum absolute atomic E-state index is 5.93. The van der Waals surface area contributed by atoms with Crippen molar-refractivity contribution in [3.8, 4) is 0 Å². The first-order valence-corrected chi connectivity index (χ1v) is 5.18. The van der Waals surface area contributed by atoms with E-state index in [4.69, 9.17) is 4.84 Å². The molecule has 0 amide bonds. The van der Waals surface area contributed by atoms with Gasteiger partial charge >= 0.3 is 0 Å². The van der Waals surface area contributed by atoms with Gasteiger partial charge in [-0.05, 0) is 32.1 Å². The Morgan fingerprint density at radius 1 is 1.08 bits per heavy atom. The molecule has 1 saturated heterocycles. The van der Waals surface area contributed by atoms with E-state index in [0.717, 1.165) is 0 Å². The van der Waals surface area contributed by atoms with Crippen LogP contribution in [-0.2, 0) is 4.84 Å². The second kappa shape index (κ2) is 2.05. The fraction of sp³-hybridized carbons (Fsp3) is 1.00. The average molecular weight is 167 g/mol. The van der Waals surface area contributed by atoms with Gasteiger partial charge in [0, 0.05) is 12.6 Å². The topological polar surface area (TPSA) is 12.5 Å². The Hall–Kier alpha value is -0.0800. The zero-order valence-electron chi connectivity index (χ0n) is 7.81. The van der Waals surface area contributed by atoms with Crippen molar-refractivity contribution in [2.24, 2.45) is 0 Å². The maximum Gasteiger partial charge on any atom is 0.0920 e. The van der Waals surface area contributed by atoms with Crippen molar-refractivity contribution in [2.75, 3.05) is 7.05 Å². The highest BCUT2D eigenvalue weighted by atomic mass is 16.7. The van der Waals surface area contributed by atoms with Crippen LogP contribution in [0.5, 0.6) is 0 Å². The Kier molecular flexibility index (Phi) is 1.25. The Morgan fingerprint density at radius 2 is 1.75 bits per heavy atom. The van der Waals surface area contributed by atoms with Crippen LogP contribution in [0, 0.1) is 0 Å². The SMILES string of the molecule is CN1OC2(CC2)CC12CCCC2. The Bertz CT molecular complexity index is 204. The molecule has 0 aromatic carbocycles. The highest BCUT2D eigenvalue weighted by Gasteiger charge is 2.60. The van der Waals surface area contributed by atoms with E-state index in [0.29, 0.717) is 11.1 Å². The van der Waals surface area contributed by atoms with Crippen LogP contribution in [-0.4, -0.2) is 23.3 Å². The summed E-state index contributed by atoms with van der Waals surface area (Å²) in [5.74, 6) is 0. The Labute approximate surface area is 73.8 Å². The minimum absolute atomic E-state index is 0.319. The quantitative estimate of drug-likeness (QED) is 0.548. The van der Waals surface area contributed by atoms with E-state index in [1.165, 1.54) is 44.9 Å². The minimum Gasteiger partial charge on any atom is -0.292 e. The molecule has 0 aromatic rings. The van der Waals surface area contributed by atoms with Crippen molar-refractivity contribution in [1.29, 1.82) is 0 Å². The van der Waals surface area contributed by atoms with E-state index < -0.39 is 0 Å². The van der Waals surface area contributed by atoms with Crippen molar-refractivity contribution >= 4 is 0 Å². The van der Waals surface area contributed by atoms with Gasteiger partial charge in [0.1, 0.15) is 0 Å². The zero-order chi connectivity index (χ0) is 8.23. The van der Waals surface area contributed by atoms with Gasteiger partial charge in [0.2, 0.25) is 0 Å². The lowest BCUT2D eigenvalue weighted by atomic mass is 9.91. The van der Waals surface area contributed by atoms with Gasteiger partial charge in [-0.15, -0.1) is 0 Å². The highest BCUT2D eigenvalue weighted by molar-refractivity contribution is 5.09. The molecule has 0 unspecified atom stereocenters. The summed E-state index contributed by atoms with van der Waals surface area (Å²) in [5.41, 5.74) is 0.773. The molecule has 2 nitrogen and oxygen atoms in total. The summed E-state index contributed by atoms with van der Waals surface area (Å²) < 4.78 is 0. The number of nitrogens with zero attached hydrogens (tertiary/aromatic N) is 1. The summed E-state index contributed by atoms with van der Waals surface area (Å²) in [4.78, 5) is 5.93. The molecule has 0 atom stereocenters. The average Bonchev–Trinajstić information content (AvgIpc) is 2.55. The summed E-state index contributed by atoms with van der Waals surface area (Å²) in [5, 5.41) is 2.19. The van der Waals surface area contributed by atoms with E-state index in [1.807, 2.05) is 0 Å². The lowest BCUT2D eigenvalue weighted by Crippen LogP contribution is -2.37. The van der Waals surface area contributed by atoms with E-state index >= 15 is 0 Å². The molecule has 2 saturated carbocycles. The lowest BCUT2D eigenvalue weighted by Gasteiger charge is -2.28. The van der Waals surface area contributed by atoms with Gasteiger partial charge < -0.3 is 0 Å². The molecule has 1 heterocycles. The van der Waals surface area contributed by atoms with Crippen molar-refractivity contribution in [1.82, 2.24) is 5.06 Å². The molecule has 1 aliphatic heterocycles. The standard InChI is InChI=1S/C10H17NO/c1-11-9(4-2-3-5-9)8-10(12-11)6-7-10/h2-8H2,1H3. The van der Waals surface area contributed by atoms with Crippen LogP contribution in [0.4, 0.5) is 0 Å². The molecule has 2 aliphatic carbocycles. The third-order valence-corrected chi connectivity index (χ3v) is 3.99. The number of hydrogen-bond acceptors (Lipinski definition) is 2. The Morgan fingerprint density at radius 3 is 2.25 bits per heavy atom. The largest absolute Gasteiger partial charge is 0.292 e. The van der Waals surface area contributed by atoms with Crippen LogP contribution in [0.1, 0.15) is 44.9 Å². The van der Waals surface area contributed by atoms with Gasteiger partial charge in [-0.1, -0.05) is 12.8 Å². The zero-order valence-corrected chi connectivity index (χ0v) is 7.81. The third kappa shape index (κ3) is 0.826. The summed E-state index contributed by atoms with van der Waals surface area (Å²) in [6.45, 7) is 0. The summed E-state index contributed by atoms with van der Waals surface area (Å²) in [6.07, 6.45) is 9.47. The first kappa shape index (κ1) is 7.34. The Balaban J connectivity index is 1.86. The molecular weight excluding hydrogens is 150 g/mol. The number of hydroxylamine groups is 2. The van der Waals surface area contributed by atoms with Gasteiger partial charge in [-0.2, -0.15) is 5.06 Å². The van der Waals surface area contributed by atoms with Crippen LogP contribution < -0.4 is 0 Å². The number of hydrogen-bond donors (Lipinski definition) is 0. The molecule has 3 rings (SSSR count). The van der Waals surface area contributed by atoms with Gasteiger partial charge in [-0.3, -0.25) is 4.84 Å². The van der Waals surface area contributed by atoms with Crippen molar-refractivity contribution in [3.05, 3.63) is 0 Å². The van der Waals surface area contributed by atoms with Crippen LogP contribution in [0.3, 0.4) is 0 Å². The van der Waals surface area contributed by atoms with Crippen LogP contribution in [0.25, 0.3) is 0 Å². The van der Waals surface area contributed by atoms with Crippen molar-refractivity contribution in [3.63, 3.8) is 0 Å². The maximum atomic E-state index is 5.93. The van der Waals surface area contributed by atoms with Crippen LogP contribution >= 0.6 is 0 Å². The minimum atomic E-state index is 0.319. The summed E-state index contributed by atoms with van der Waals surface area (Å²) >= 11 is 0. The second-order valence-corrected chi connectivity index (χ2v) is 4.88. The first-order valence-electron chi connectivity index (χ1n) is 5.18. The highest BCUT2D eigenvalue weighted by Crippen LogP contribution is 2.57. The molecule has 68 valence electrons. The molecule has 0 N–H and O–H groups in total. The van der Waals surface area contributed by atoms with E-state index in [1.54, 1.807) is 0 Å². The van der Waals surface area contributed by atoms with Gasteiger partial charge in [0.05, 0.1) is 5.60 Å². The molecule has 2 heteroatoms.